The molecule has 2 aromatic rings. The molecule has 0 aromatic heterocycles. The average Bonchev–Trinajstić information content (AvgIpc) is 2.50. The van der Waals surface area contributed by atoms with Crippen LogP contribution in [0, 0.1) is 26.6 Å². The Morgan fingerprint density at radius 1 is 1.12 bits per heavy atom. The number of anilines is 1. The maximum absolute atomic E-state index is 13.0. The molecular formula is C20H25FN2O. The highest BCUT2D eigenvalue weighted by Gasteiger charge is 2.16. The van der Waals surface area contributed by atoms with Crippen molar-refractivity contribution in [2.24, 2.45) is 0 Å². The largest absolute Gasteiger partial charge is 0.324 e. The van der Waals surface area contributed by atoms with Crippen molar-refractivity contribution in [3.63, 3.8) is 0 Å². The van der Waals surface area contributed by atoms with Gasteiger partial charge in [-0.3, -0.25) is 9.69 Å². The third-order valence-electron chi connectivity index (χ3n) is 4.35. The molecule has 3 nitrogen and oxygen atoms in total. The van der Waals surface area contributed by atoms with E-state index in [1.54, 1.807) is 12.1 Å². The van der Waals surface area contributed by atoms with Crippen LogP contribution in [0.4, 0.5) is 10.1 Å². The van der Waals surface area contributed by atoms with E-state index in [1.165, 1.54) is 17.7 Å². The summed E-state index contributed by atoms with van der Waals surface area (Å²) in [4.78, 5) is 14.3. The summed E-state index contributed by atoms with van der Waals surface area (Å²) >= 11 is 0. The number of carbonyl (C=O) groups is 1. The predicted molar refractivity (Wildman–Crippen MR) is 96.7 cm³/mol. The summed E-state index contributed by atoms with van der Waals surface area (Å²) in [5.74, 6) is -0.307. The van der Waals surface area contributed by atoms with Crippen LogP contribution >= 0.6 is 0 Å². The van der Waals surface area contributed by atoms with Gasteiger partial charge in [0.2, 0.25) is 5.91 Å². The van der Waals surface area contributed by atoms with E-state index in [9.17, 15) is 9.18 Å². The van der Waals surface area contributed by atoms with Gasteiger partial charge in [0.15, 0.2) is 0 Å². The zero-order chi connectivity index (χ0) is 17.9. The number of aryl methyl sites for hydroxylation is 3. The lowest BCUT2D eigenvalue weighted by molar-refractivity contribution is -0.117. The fourth-order valence-electron chi connectivity index (χ4n) is 2.92. The highest BCUT2D eigenvalue weighted by molar-refractivity contribution is 5.93. The molecule has 0 radical (unpaired) electrons. The van der Waals surface area contributed by atoms with Crippen molar-refractivity contribution in [3.05, 3.63) is 64.5 Å². The van der Waals surface area contributed by atoms with Gasteiger partial charge < -0.3 is 5.32 Å². The predicted octanol–water partition coefficient (Wildman–Crippen LogP) is 4.38. The highest BCUT2D eigenvalue weighted by atomic mass is 19.1. The van der Waals surface area contributed by atoms with Gasteiger partial charge in [-0.1, -0.05) is 29.8 Å². The van der Waals surface area contributed by atoms with E-state index in [-0.39, 0.29) is 24.3 Å². The second-order valence-corrected chi connectivity index (χ2v) is 6.46. The summed E-state index contributed by atoms with van der Waals surface area (Å²) in [6.07, 6.45) is 0. The monoisotopic (exact) mass is 328 g/mol. The molecule has 128 valence electrons. The minimum Gasteiger partial charge on any atom is -0.324 e. The van der Waals surface area contributed by atoms with Crippen molar-refractivity contribution in [1.82, 2.24) is 4.90 Å². The molecular weight excluding hydrogens is 303 g/mol. The summed E-state index contributed by atoms with van der Waals surface area (Å²) in [7, 11) is 1.89. The van der Waals surface area contributed by atoms with Gasteiger partial charge >= 0.3 is 0 Å². The second kappa shape index (κ2) is 7.58. The Kier molecular flexibility index (Phi) is 5.73. The van der Waals surface area contributed by atoms with Crippen LogP contribution in [-0.2, 0) is 4.79 Å². The van der Waals surface area contributed by atoms with Crippen LogP contribution in [0.1, 0.15) is 35.2 Å². The van der Waals surface area contributed by atoms with Crippen LogP contribution in [-0.4, -0.2) is 24.4 Å². The summed E-state index contributed by atoms with van der Waals surface area (Å²) < 4.78 is 13.0. The Labute approximate surface area is 143 Å². The molecule has 1 atom stereocenters. The Balaban J connectivity index is 2.03. The molecule has 0 heterocycles. The molecule has 0 aliphatic heterocycles. The number of likely N-dealkylation sites (N-methyl/N-ethyl adjacent to an activating group) is 1. The fourth-order valence-corrected chi connectivity index (χ4v) is 2.92. The molecule has 0 saturated heterocycles. The number of benzene rings is 2. The maximum atomic E-state index is 13.0. The molecule has 0 fully saturated rings. The normalized spacial score (nSPS) is 12.3. The van der Waals surface area contributed by atoms with E-state index in [4.69, 9.17) is 0 Å². The molecule has 0 unspecified atom stereocenters. The van der Waals surface area contributed by atoms with Crippen molar-refractivity contribution < 1.29 is 9.18 Å². The topological polar surface area (TPSA) is 32.3 Å². The standard InChI is InChI=1S/C20H25FN2O/c1-13-10-14(2)20(15(3)11-13)22-19(24)12-23(5)16(4)17-6-8-18(21)9-7-17/h6-11,16H,12H2,1-5H3,(H,22,24)/t16-/m1/s1. The van der Waals surface area contributed by atoms with Crippen LogP contribution in [0.15, 0.2) is 36.4 Å². The summed E-state index contributed by atoms with van der Waals surface area (Å²) in [6.45, 7) is 8.32. The van der Waals surface area contributed by atoms with Crippen molar-refractivity contribution in [2.45, 2.75) is 33.7 Å². The van der Waals surface area contributed by atoms with E-state index >= 15 is 0 Å². The molecule has 0 spiro atoms. The van der Waals surface area contributed by atoms with Crippen molar-refractivity contribution in [1.29, 1.82) is 0 Å². The molecule has 0 saturated carbocycles. The molecule has 4 heteroatoms. The summed E-state index contributed by atoms with van der Waals surface area (Å²) in [5, 5.41) is 3.01. The lowest BCUT2D eigenvalue weighted by atomic mass is 10.0. The molecule has 24 heavy (non-hydrogen) atoms. The van der Waals surface area contributed by atoms with Crippen LogP contribution in [0.5, 0.6) is 0 Å². The smallest absolute Gasteiger partial charge is 0.238 e. The first kappa shape index (κ1) is 18.1. The first-order valence-corrected chi connectivity index (χ1v) is 8.11. The van der Waals surface area contributed by atoms with Gasteiger partial charge in [-0.15, -0.1) is 0 Å². The number of nitrogens with one attached hydrogen (secondary N) is 1. The second-order valence-electron chi connectivity index (χ2n) is 6.46. The van der Waals surface area contributed by atoms with Gasteiger partial charge in [-0.25, -0.2) is 4.39 Å². The maximum Gasteiger partial charge on any atom is 0.238 e. The quantitative estimate of drug-likeness (QED) is 0.883. The number of nitrogens with zero attached hydrogens (tertiary/aromatic N) is 1. The zero-order valence-electron chi connectivity index (χ0n) is 15.0. The number of amides is 1. The fraction of sp³-hybridized carbons (Fsp3) is 0.350. The van der Waals surface area contributed by atoms with E-state index in [0.29, 0.717) is 0 Å². The minimum absolute atomic E-state index is 0.0246. The van der Waals surface area contributed by atoms with Crippen LogP contribution in [0.25, 0.3) is 0 Å². The Morgan fingerprint density at radius 3 is 2.21 bits per heavy atom. The first-order chi connectivity index (χ1) is 11.3. The SMILES string of the molecule is Cc1cc(C)c(NC(=O)CN(C)[C@H](C)c2ccc(F)cc2)c(C)c1. The average molecular weight is 328 g/mol. The van der Waals surface area contributed by atoms with E-state index in [0.717, 1.165) is 22.4 Å². The van der Waals surface area contributed by atoms with Gasteiger partial charge in [0.05, 0.1) is 6.54 Å². The van der Waals surface area contributed by atoms with Crippen molar-refractivity contribution >= 4 is 11.6 Å². The lowest BCUT2D eigenvalue weighted by Gasteiger charge is -2.25. The van der Waals surface area contributed by atoms with Gasteiger partial charge in [0, 0.05) is 11.7 Å². The van der Waals surface area contributed by atoms with Gasteiger partial charge in [0.25, 0.3) is 0 Å². The molecule has 1 N–H and O–H groups in total. The van der Waals surface area contributed by atoms with E-state index in [2.05, 4.69) is 17.4 Å². The number of rotatable bonds is 5. The van der Waals surface area contributed by atoms with Gasteiger partial charge in [-0.05, 0) is 63.6 Å². The summed E-state index contributed by atoms with van der Waals surface area (Å²) in [5.41, 5.74) is 5.18. The highest BCUT2D eigenvalue weighted by Crippen LogP contribution is 2.23. The number of halogens is 1. The minimum atomic E-state index is -0.253. The molecule has 0 bridgehead atoms. The molecule has 1 amide bonds. The number of hydrogen-bond donors (Lipinski definition) is 1. The van der Waals surface area contributed by atoms with Crippen LogP contribution in [0.2, 0.25) is 0 Å². The van der Waals surface area contributed by atoms with Crippen LogP contribution < -0.4 is 5.32 Å². The number of carbonyl (C=O) groups excluding carboxylic acids is 1. The Bertz CT molecular complexity index is 702. The zero-order valence-corrected chi connectivity index (χ0v) is 15.0. The Morgan fingerprint density at radius 2 is 1.67 bits per heavy atom. The van der Waals surface area contributed by atoms with Gasteiger partial charge in [-0.2, -0.15) is 0 Å². The third kappa shape index (κ3) is 4.42. The molecule has 0 aliphatic carbocycles. The molecule has 0 aliphatic rings. The third-order valence-corrected chi connectivity index (χ3v) is 4.35. The molecule has 2 aromatic carbocycles. The van der Waals surface area contributed by atoms with E-state index in [1.807, 2.05) is 39.6 Å². The first-order valence-electron chi connectivity index (χ1n) is 8.11. The van der Waals surface area contributed by atoms with Crippen molar-refractivity contribution in [3.8, 4) is 0 Å². The molecule has 2 rings (SSSR count). The summed E-state index contributed by atoms with van der Waals surface area (Å²) in [6, 6.07) is 10.5. The van der Waals surface area contributed by atoms with Gasteiger partial charge in [0.1, 0.15) is 5.82 Å². The van der Waals surface area contributed by atoms with Crippen molar-refractivity contribution in [2.75, 3.05) is 18.9 Å². The Hall–Kier alpha value is -2.20. The van der Waals surface area contributed by atoms with Crippen LogP contribution in [0.3, 0.4) is 0 Å². The lowest BCUT2D eigenvalue weighted by Crippen LogP contribution is -2.32. The van der Waals surface area contributed by atoms with E-state index < -0.39 is 0 Å². The number of hydrogen-bond acceptors (Lipinski definition) is 2.